The number of methoxy groups -OCH3 is 1. The molecule has 0 heterocycles. The van der Waals surface area contributed by atoms with Gasteiger partial charge in [0.1, 0.15) is 11.8 Å². The van der Waals surface area contributed by atoms with Crippen LogP contribution < -0.4 is 9.47 Å². The maximum atomic E-state index is 9.07. The number of halogens is 1. The molecule has 0 fully saturated rings. The molecular weight excluding hydrogens is 294 g/mol. The SMILES string of the molecule is COc1ccccc1Oc1ccc(Br)cc1C#N. The Morgan fingerprint density at radius 3 is 2.44 bits per heavy atom. The molecule has 0 saturated carbocycles. The van der Waals surface area contributed by atoms with Gasteiger partial charge in [-0.25, -0.2) is 0 Å². The Bertz CT molecular complexity index is 605. The smallest absolute Gasteiger partial charge is 0.169 e. The van der Waals surface area contributed by atoms with Gasteiger partial charge in [0.15, 0.2) is 11.5 Å². The molecule has 0 amide bonds. The summed E-state index contributed by atoms with van der Waals surface area (Å²) in [5.41, 5.74) is 0.468. The van der Waals surface area contributed by atoms with Gasteiger partial charge in [-0.05, 0) is 30.3 Å². The Kier molecular flexibility index (Phi) is 3.85. The Morgan fingerprint density at radius 1 is 1.06 bits per heavy atom. The molecule has 0 bridgehead atoms. The van der Waals surface area contributed by atoms with Crippen LogP contribution in [0.1, 0.15) is 5.56 Å². The summed E-state index contributed by atoms with van der Waals surface area (Å²) in [6, 6.07) is 14.7. The third kappa shape index (κ3) is 2.63. The van der Waals surface area contributed by atoms with E-state index in [2.05, 4.69) is 22.0 Å². The van der Waals surface area contributed by atoms with Crippen LogP contribution in [-0.2, 0) is 0 Å². The van der Waals surface area contributed by atoms with E-state index in [9.17, 15) is 0 Å². The van der Waals surface area contributed by atoms with Crippen molar-refractivity contribution in [3.05, 3.63) is 52.5 Å². The fourth-order valence-corrected chi connectivity index (χ4v) is 1.86. The summed E-state index contributed by atoms with van der Waals surface area (Å²) >= 11 is 3.32. The highest BCUT2D eigenvalue weighted by atomic mass is 79.9. The first-order valence-corrected chi connectivity index (χ1v) is 6.04. The van der Waals surface area contributed by atoms with E-state index in [-0.39, 0.29) is 0 Å². The van der Waals surface area contributed by atoms with Crippen LogP contribution in [0.2, 0.25) is 0 Å². The molecule has 3 nitrogen and oxygen atoms in total. The first-order chi connectivity index (χ1) is 8.74. The highest BCUT2D eigenvalue weighted by molar-refractivity contribution is 9.10. The summed E-state index contributed by atoms with van der Waals surface area (Å²) in [7, 11) is 1.58. The second-order valence-corrected chi connectivity index (χ2v) is 4.42. The molecule has 0 N–H and O–H groups in total. The van der Waals surface area contributed by atoms with E-state index in [0.29, 0.717) is 22.8 Å². The predicted octanol–water partition coefficient (Wildman–Crippen LogP) is 4.12. The van der Waals surface area contributed by atoms with Crippen molar-refractivity contribution in [2.45, 2.75) is 0 Å². The molecule has 18 heavy (non-hydrogen) atoms. The zero-order valence-corrected chi connectivity index (χ0v) is 11.3. The fourth-order valence-electron chi connectivity index (χ4n) is 1.50. The molecule has 0 aromatic heterocycles. The Hall–Kier alpha value is -1.99. The van der Waals surface area contributed by atoms with E-state index in [1.54, 1.807) is 31.4 Å². The van der Waals surface area contributed by atoms with E-state index in [1.807, 2.05) is 18.2 Å². The van der Waals surface area contributed by atoms with E-state index in [1.165, 1.54) is 0 Å². The van der Waals surface area contributed by atoms with Crippen molar-refractivity contribution in [3.63, 3.8) is 0 Å². The molecule has 4 heteroatoms. The van der Waals surface area contributed by atoms with Crippen LogP contribution in [0.3, 0.4) is 0 Å². The second-order valence-electron chi connectivity index (χ2n) is 3.51. The Balaban J connectivity index is 2.37. The van der Waals surface area contributed by atoms with Crippen LogP contribution in [0.15, 0.2) is 46.9 Å². The minimum Gasteiger partial charge on any atom is -0.493 e. The van der Waals surface area contributed by atoms with E-state index < -0.39 is 0 Å². The lowest BCUT2D eigenvalue weighted by atomic mass is 10.2. The van der Waals surface area contributed by atoms with Gasteiger partial charge in [0.25, 0.3) is 0 Å². The van der Waals surface area contributed by atoms with Crippen LogP contribution in [0.25, 0.3) is 0 Å². The van der Waals surface area contributed by atoms with Crippen LogP contribution in [0.4, 0.5) is 0 Å². The number of nitriles is 1. The summed E-state index contributed by atoms with van der Waals surface area (Å²) in [5, 5.41) is 9.07. The number of nitrogens with zero attached hydrogens (tertiary/aromatic N) is 1. The molecule has 0 atom stereocenters. The van der Waals surface area contributed by atoms with Crippen molar-refractivity contribution in [2.24, 2.45) is 0 Å². The lowest BCUT2D eigenvalue weighted by molar-refractivity contribution is 0.378. The van der Waals surface area contributed by atoms with Gasteiger partial charge in [0, 0.05) is 4.47 Å². The van der Waals surface area contributed by atoms with Gasteiger partial charge in [0.05, 0.1) is 12.7 Å². The summed E-state index contributed by atoms with van der Waals surface area (Å²) in [6.45, 7) is 0. The van der Waals surface area contributed by atoms with Crippen LogP contribution in [0.5, 0.6) is 17.2 Å². The van der Waals surface area contributed by atoms with Crippen molar-refractivity contribution in [1.82, 2.24) is 0 Å². The largest absolute Gasteiger partial charge is 0.493 e. The van der Waals surface area contributed by atoms with Gasteiger partial charge >= 0.3 is 0 Å². The number of hydrogen-bond acceptors (Lipinski definition) is 3. The highest BCUT2D eigenvalue weighted by Crippen LogP contribution is 2.33. The normalized spacial score (nSPS) is 9.61. The fraction of sp³-hybridized carbons (Fsp3) is 0.0714. The van der Waals surface area contributed by atoms with Crippen molar-refractivity contribution < 1.29 is 9.47 Å². The summed E-state index contributed by atoms with van der Waals surface area (Å²) in [6.07, 6.45) is 0. The lowest BCUT2D eigenvalue weighted by Crippen LogP contribution is -1.92. The molecule has 2 aromatic carbocycles. The van der Waals surface area contributed by atoms with Gasteiger partial charge in [-0.2, -0.15) is 5.26 Å². The molecule has 90 valence electrons. The molecule has 0 spiro atoms. The minimum absolute atomic E-state index is 0.468. The quantitative estimate of drug-likeness (QED) is 0.856. The van der Waals surface area contributed by atoms with Gasteiger partial charge < -0.3 is 9.47 Å². The molecule has 2 rings (SSSR count). The third-order valence-corrected chi connectivity index (χ3v) is 2.84. The topological polar surface area (TPSA) is 42.2 Å². The van der Waals surface area contributed by atoms with E-state index >= 15 is 0 Å². The number of rotatable bonds is 3. The van der Waals surface area contributed by atoms with Gasteiger partial charge in [-0.1, -0.05) is 28.1 Å². The predicted molar refractivity (Wildman–Crippen MR) is 71.9 cm³/mol. The molecule has 0 aliphatic heterocycles. The number of benzene rings is 2. The van der Waals surface area contributed by atoms with Crippen molar-refractivity contribution >= 4 is 15.9 Å². The third-order valence-electron chi connectivity index (χ3n) is 2.35. The van der Waals surface area contributed by atoms with Crippen molar-refractivity contribution in [2.75, 3.05) is 7.11 Å². The molecule has 0 aliphatic carbocycles. The number of ether oxygens (including phenoxy) is 2. The summed E-state index contributed by atoms with van der Waals surface area (Å²) in [4.78, 5) is 0. The maximum absolute atomic E-state index is 9.07. The van der Waals surface area contributed by atoms with Crippen LogP contribution in [0, 0.1) is 11.3 Å². The minimum atomic E-state index is 0.468. The molecule has 0 unspecified atom stereocenters. The number of para-hydroxylation sites is 2. The average molecular weight is 304 g/mol. The summed E-state index contributed by atoms with van der Waals surface area (Å²) < 4.78 is 11.7. The first kappa shape index (κ1) is 12.5. The van der Waals surface area contributed by atoms with Gasteiger partial charge in [-0.15, -0.1) is 0 Å². The van der Waals surface area contributed by atoms with Crippen LogP contribution >= 0.6 is 15.9 Å². The molecule has 2 aromatic rings. The van der Waals surface area contributed by atoms with Gasteiger partial charge in [0.2, 0.25) is 0 Å². The van der Waals surface area contributed by atoms with Gasteiger partial charge in [-0.3, -0.25) is 0 Å². The molecule has 0 radical (unpaired) electrons. The van der Waals surface area contributed by atoms with E-state index in [4.69, 9.17) is 14.7 Å². The zero-order valence-electron chi connectivity index (χ0n) is 9.68. The average Bonchev–Trinajstić information content (AvgIpc) is 2.41. The number of hydrogen-bond donors (Lipinski definition) is 0. The Morgan fingerprint density at radius 2 is 1.78 bits per heavy atom. The molecule has 0 aliphatic rings. The first-order valence-electron chi connectivity index (χ1n) is 5.25. The zero-order chi connectivity index (χ0) is 13.0. The van der Waals surface area contributed by atoms with Crippen molar-refractivity contribution in [3.8, 4) is 23.3 Å². The lowest BCUT2D eigenvalue weighted by Gasteiger charge is -2.11. The standard InChI is InChI=1S/C14H10BrNO2/c1-17-13-4-2-3-5-14(13)18-12-7-6-11(15)8-10(12)9-16/h2-8H,1H3. The Labute approximate surface area is 114 Å². The molecular formula is C14H10BrNO2. The highest BCUT2D eigenvalue weighted by Gasteiger charge is 2.08. The summed E-state index contributed by atoms with van der Waals surface area (Å²) in [5.74, 6) is 1.72. The molecule has 0 saturated heterocycles. The van der Waals surface area contributed by atoms with E-state index in [0.717, 1.165) is 4.47 Å². The second kappa shape index (κ2) is 5.56. The monoisotopic (exact) mass is 303 g/mol. The van der Waals surface area contributed by atoms with Crippen LogP contribution in [-0.4, -0.2) is 7.11 Å². The maximum Gasteiger partial charge on any atom is 0.169 e. The van der Waals surface area contributed by atoms with Crippen molar-refractivity contribution in [1.29, 1.82) is 5.26 Å².